The van der Waals surface area contributed by atoms with Crippen molar-refractivity contribution in [1.29, 1.82) is 5.26 Å². The predicted octanol–water partition coefficient (Wildman–Crippen LogP) is 2.34. The lowest BCUT2D eigenvalue weighted by molar-refractivity contribution is 0.0275. The van der Waals surface area contributed by atoms with Crippen LogP contribution in [-0.4, -0.2) is 40.8 Å². The molecule has 1 aliphatic rings. The summed E-state index contributed by atoms with van der Waals surface area (Å²) in [6.07, 6.45) is 1.88. The van der Waals surface area contributed by atoms with Gasteiger partial charge >= 0.3 is 6.09 Å². The van der Waals surface area contributed by atoms with Crippen molar-refractivity contribution in [2.24, 2.45) is 0 Å². The normalized spacial score (nSPS) is 18.2. The SMILES string of the molecule is CC(C)(C)OC(=O)N1CC[C@H](Oc2ccc(C#N)nc2)C1. The minimum atomic E-state index is -0.493. The van der Waals surface area contributed by atoms with Gasteiger partial charge in [0, 0.05) is 13.0 Å². The topological polar surface area (TPSA) is 75.4 Å². The molecule has 0 saturated carbocycles. The molecule has 1 aliphatic heterocycles. The summed E-state index contributed by atoms with van der Waals surface area (Å²) < 4.78 is 11.1. The van der Waals surface area contributed by atoms with Gasteiger partial charge in [0.25, 0.3) is 0 Å². The number of likely N-dealkylation sites (tertiary alicyclic amines) is 1. The highest BCUT2D eigenvalue weighted by Gasteiger charge is 2.30. The maximum atomic E-state index is 11.9. The summed E-state index contributed by atoms with van der Waals surface area (Å²) >= 11 is 0. The van der Waals surface area contributed by atoms with Crippen LogP contribution in [0.4, 0.5) is 4.79 Å². The Morgan fingerprint density at radius 1 is 1.48 bits per heavy atom. The molecule has 112 valence electrons. The van der Waals surface area contributed by atoms with E-state index >= 15 is 0 Å². The number of carbonyl (C=O) groups excluding carboxylic acids is 1. The van der Waals surface area contributed by atoms with Gasteiger partial charge in [-0.2, -0.15) is 5.26 Å². The molecule has 1 amide bonds. The Kier molecular flexibility index (Phi) is 4.32. The molecule has 21 heavy (non-hydrogen) atoms. The van der Waals surface area contributed by atoms with Gasteiger partial charge in [0.05, 0.1) is 12.7 Å². The van der Waals surface area contributed by atoms with Crippen molar-refractivity contribution in [2.75, 3.05) is 13.1 Å². The molecule has 2 rings (SSSR count). The molecule has 0 radical (unpaired) electrons. The zero-order valence-electron chi connectivity index (χ0n) is 12.5. The van der Waals surface area contributed by atoms with E-state index in [1.807, 2.05) is 26.8 Å². The number of ether oxygens (including phenoxy) is 2. The van der Waals surface area contributed by atoms with Gasteiger partial charge in [0.2, 0.25) is 0 Å². The van der Waals surface area contributed by atoms with Crippen LogP contribution >= 0.6 is 0 Å². The third-order valence-corrected chi connectivity index (χ3v) is 2.95. The first-order valence-corrected chi connectivity index (χ1v) is 6.88. The Morgan fingerprint density at radius 2 is 2.24 bits per heavy atom. The van der Waals surface area contributed by atoms with E-state index < -0.39 is 5.60 Å². The van der Waals surface area contributed by atoms with E-state index in [1.54, 1.807) is 17.0 Å². The summed E-state index contributed by atoms with van der Waals surface area (Å²) in [5.74, 6) is 0.602. The van der Waals surface area contributed by atoms with Crippen molar-refractivity contribution in [3.8, 4) is 11.8 Å². The lowest BCUT2D eigenvalue weighted by Crippen LogP contribution is -2.36. The molecule has 2 heterocycles. The van der Waals surface area contributed by atoms with E-state index in [0.29, 0.717) is 24.5 Å². The van der Waals surface area contributed by atoms with Crippen LogP contribution in [0.5, 0.6) is 5.75 Å². The predicted molar refractivity (Wildman–Crippen MR) is 75.8 cm³/mol. The van der Waals surface area contributed by atoms with Crippen LogP contribution in [0.25, 0.3) is 0 Å². The summed E-state index contributed by atoms with van der Waals surface area (Å²) in [7, 11) is 0. The number of pyridine rings is 1. The minimum absolute atomic E-state index is 0.0766. The molecule has 0 aromatic carbocycles. The van der Waals surface area contributed by atoms with E-state index in [-0.39, 0.29) is 12.2 Å². The second-order valence-corrected chi connectivity index (χ2v) is 5.95. The Labute approximate surface area is 124 Å². The fraction of sp³-hybridized carbons (Fsp3) is 0.533. The van der Waals surface area contributed by atoms with E-state index in [4.69, 9.17) is 14.7 Å². The highest BCUT2D eigenvalue weighted by atomic mass is 16.6. The minimum Gasteiger partial charge on any atom is -0.487 e. The highest BCUT2D eigenvalue weighted by Crippen LogP contribution is 2.20. The Morgan fingerprint density at radius 3 is 2.81 bits per heavy atom. The Hall–Kier alpha value is -2.29. The molecule has 0 bridgehead atoms. The van der Waals surface area contributed by atoms with Crippen molar-refractivity contribution < 1.29 is 14.3 Å². The van der Waals surface area contributed by atoms with Crippen LogP contribution in [0, 0.1) is 11.3 Å². The standard InChI is InChI=1S/C15H19N3O3/c1-15(2,3)21-14(19)18-7-6-13(10-18)20-12-5-4-11(8-16)17-9-12/h4-5,9,13H,6-7,10H2,1-3H3/t13-/m0/s1. The van der Waals surface area contributed by atoms with E-state index in [2.05, 4.69) is 4.98 Å². The molecule has 0 spiro atoms. The molecular formula is C15H19N3O3. The van der Waals surface area contributed by atoms with E-state index in [0.717, 1.165) is 6.42 Å². The molecule has 1 saturated heterocycles. The third kappa shape index (κ3) is 4.35. The lowest BCUT2D eigenvalue weighted by Gasteiger charge is -2.24. The van der Waals surface area contributed by atoms with Crippen molar-refractivity contribution in [3.63, 3.8) is 0 Å². The second kappa shape index (κ2) is 6.00. The van der Waals surface area contributed by atoms with Gasteiger partial charge in [-0.15, -0.1) is 0 Å². The number of rotatable bonds is 2. The van der Waals surface area contributed by atoms with Gasteiger partial charge in [0.15, 0.2) is 0 Å². The van der Waals surface area contributed by atoms with Crippen LogP contribution in [0.15, 0.2) is 18.3 Å². The van der Waals surface area contributed by atoms with Gasteiger partial charge in [-0.1, -0.05) is 0 Å². The van der Waals surface area contributed by atoms with Crippen LogP contribution < -0.4 is 4.74 Å². The molecule has 0 aliphatic carbocycles. The highest BCUT2D eigenvalue weighted by molar-refractivity contribution is 5.68. The zero-order valence-corrected chi connectivity index (χ0v) is 12.5. The van der Waals surface area contributed by atoms with Crippen molar-refractivity contribution in [1.82, 2.24) is 9.88 Å². The number of nitrogens with zero attached hydrogens (tertiary/aromatic N) is 3. The fourth-order valence-corrected chi connectivity index (χ4v) is 2.03. The average Bonchev–Trinajstić information content (AvgIpc) is 2.86. The quantitative estimate of drug-likeness (QED) is 0.835. The maximum Gasteiger partial charge on any atom is 0.410 e. The molecule has 1 aromatic heterocycles. The van der Waals surface area contributed by atoms with Gasteiger partial charge in [-0.05, 0) is 32.9 Å². The largest absolute Gasteiger partial charge is 0.487 e. The Bertz CT molecular complexity index is 543. The molecule has 6 nitrogen and oxygen atoms in total. The lowest BCUT2D eigenvalue weighted by atomic mass is 10.2. The maximum absolute atomic E-state index is 11.9. The molecule has 0 N–H and O–H groups in total. The molecule has 1 atom stereocenters. The number of aromatic nitrogens is 1. The molecule has 6 heteroatoms. The van der Waals surface area contributed by atoms with Crippen LogP contribution in [-0.2, 0) is 4.74 Å². The van der Waals surface area contributed by atoms with E-state index in [1.165, 1.54) is 6.20 Å². The van der Waals surface area contributed by atoms with Crippen molar-refractivity contribution in [3.05, 3.63) is 24.0 Å². The van der Waals surface area contributed by atoms with E-state index in [9.17, 15) is 4.79 Å². The first-order valence-electron chi connectivity index (χ1n) is 6.88. The average molecular weight is 289 g/mol. The summed E-state index contributed by atoms with van der Waals surface area (Å²) in [5.41, 5.74) is -0.142. The summed E-state index contributed by atoms with van der Waals surface area (Å²) in [6, 6.07) is 5.27. The fourth-order valence-electron chi connectivity index (χ4n) is 2.03. The van der Waals surface area contributed by atoms with Gasteiger partial charge in [-0.25, -0.2) is 9.78 Å². The van der Waals surface area contributed by atoms with Crippen LogP contribution in [0.3, 0.4) is 0 Å². The third-order valence-electron chi connectivity index (χ3n) is 2.95. The number of hydrogen-bond donors (Lipinski definition) is 0. The summed E-state index contributed by atoms with van der Waals surface area (Å²) in [4.78, 5) is 17.5. The summed E-state index contributed by atoms with van der Waals surface area (Å²) in [6.45, 7) is 6.64. The molecule has 0 unspecified atom stereocenters. The Balaban J connectivity index is 1.87. The number of nitriles is 1. The van der Waals surface area contributed by atoms with Crippen molar-refractivity contribution in [2.45, 2.75) is 38.9 Å². The first-order chi connectivity index (χ1) is 9.87. The van der Waals surface area contributed by atoms with Gasteiger partial charge < -0.3 is 14.4 Å². The number of hydrogen-bond acceptors (Lipinski definition) is 5. The molecule has 1 aromatic rings. The smallest absolute Gasteiger partial charge is 0.410 e. The van der Waals surface area contributed by atoms with Crippen LogP contribution in [0.1, 0.15) is 32.9 Å². The number of amides is 1. The number of carbonyl (C=O) groups is 1. The van der Waals surface area contributed by atoms with Gasteiger partial charge in [-0.3, -0.25) is 0 Å². The molecular weight excluding hydrogens is 270 g/mol. The van der Waals surface area contributed by atoms with Gasteiger partial charge in [0.1, 0.15) is 29.2 Å². The monoisotopic (exact) mass is 289 g/mol. The van der Waals surface area contributed by atoms with Crippen LogP contribution in [0.2, 0.25) is 0 Å². The van der Waals surface area contributed by atoms with Crippen molar-refractivity contribution >= 4 is 6.09 Å². The second-order valence-electron chi connectivity index (χ2n) is 5.95. The molecule has 1 fully saturated rings. The summed E-state index contributed by atoms with van der Waals surface area (Å²) in [5, 5.41) is 8.69. The first kappa shape index (κ1) is 15.1. The zero-order chi connectivity index (χ0) is 15.5.